The van der Waals surface area contributed by atoms with E-state index in [9.17, 15) is 4.79 Å². The number of nitrogens with one attached hydrogen (secondary N) is 1. The molecule has 2 aliphatic rings. The molecular formula is C14H25NO3. The van der Waals surface area contributed by atoms with E-state index in [-0.39, 0.29) is 12.1 Å². The second-order valence-corrected chi connectivity index (χ2v) is 5.48. The zero-order chi connectivity index (χ0) is 13.0. The molecule has 0 radical (unpaired) electrons. The highest BCUT2D eigenvalue weighted by Crippen LogP contribution is 2.32. The summed E-state index contributed by atoms with van der Waals surface area (Å²) in [6.45, 7) is 6.00. The average Bonchev–Trinajstić information content (AvgIpc) is 3.21. The van der Waals surface area contributed by atoms with Crippen molar-refractivity contribution in [2.75, 3.05) is 19.8 Å². The third-order valence-electron chi connectivity index (χ3n) is 4.01. The largest absolute Gasteiger partial charge is 0.465 e. The first kappa shape index (κ1) is 13.8. The summed E-state index contributed by atoms with van der Waals surface area (Å²) in [5.74, 6) is 0.673. The number of hydrogen-bond acceptors (Lipinski definition) is 4. The van der Waals surface area contributed by atoms with Gasteiger partial charge in [-0.3, -0.25) is 4.79 Å². The molecule has 0 bridgehead atoms. The van der Waals surface area contributed by atoms with Crippen LogP contribution in [0, 0.1) is 5.92 Å². The number of hydrogen-bond donors (Lipinski definition) is 1. The van der Waals surface area contributed by atoms with Crippen molar-refractivity contribution in [1.82, 2.24) is 5.32 Å². The van der Waals surface area contributed by atoms with E-state index in [1.54, 1.807) is 0 Å². The van der Waals surface area contributed by atoms with E-state index in [1.165, 1.54) is 12.8 Å². The lowest BCUT2D eigenvalue weighted by atomic mass is 9.85. The van der Waals surface area contributed by atoms with Crippen LogP contribution in [0.3, 0.4) is 0 Å². The second-order valence-electron chi connectivity index (χ2n) is 5.48. The van der Waals surface area contributed by atoms with E-state index in [2.05, 4.69) is 12.2 Å². The van der Waals surface area contributed by atoms with Crippen LogP contribution in [0.15, 0.2) is 0 Å². The molecule has 4 heteroatoms. The lowest BCUT2D eigenvalue weighted by Crippen LogP contribution is -2.58. The summed E-state index contributed by atoms with van der Waals surface area (Å²) >= 11 is 0. The zero-order valence-electron chi connectivity index (χ0n) is 11.5. The minimum Gasteiger partial charge on any atom is -0.465 e. The minimum atomic E-state index is -0.502. The Hall–Kier alpha value is -0.610. The summed E-state index contributed by atoms with van der Waals surface area (Å²) in [6, 6.07) is 0. The Morgan fingerprint density at radius 3 is 2.83 bits per heavy atom. The summed E-state index contributed by atoms with van der Waals surface area (Å²) in [5.41, 5.74) is -0.502. The predicted molar refractivity (Wildman–Crippen MR) is 69.4 cm³/mol. The van der Waals surface area contributed by atoms with Gasteiger partial charge in [0.2, 0.25) is 0 Å². The Morgan fingerprint density at radius 1 is 1.44 bits per heavy atom. The fraction of sp³-hybridized carbons (Fsp3) is 0.929. The molecule has 0 amide bonds. The van der Waals surface area contributed by atoms with Gasteiger partial charge in [0.15, 0.2) is 0 Å². The summed E-state index contributed by atoms with van der Waals surface area (Å²) in [6.07, 6.45) is 5.19. The van der Waals surface area contributed by atoms with Gasteiger partial charge in [-0.1, -0.05) is 6.92 Å². The number of ether oxygens (including phenoxy) is 2. The summed E-state index contributed by atoms with van der Waals surface area (Å²) in [4.78, 5) is 12.3. The van der Waals surface area contributed by atoms with Crippen LogP contribution in [0.25, 0.3) is 0 Å². The smallest absolute Gasteiger partial charge is 0.326 e. The molecule has 0 spiro atoms. The molecule has 1 N–H and O–H groups in total. The van der Waals surface area contributed by atoms with Gasteiger partial charge < -0.3 is 14.8 Å². The molecule has 2 fully saturated rings. The molecule has 1 aliphatic heterocycles. The van der Waals surface area contributed by atoms with Crippen LogP contribution in [-0.4, -0.2) is 37.4 Å². The molecule has 2 rings (SSSR count). The van der Waals surface area contributed by atoms with E-state index >= 15 is 0 Å². The van der Waals surface area contributed by atoms with Crippen molar-refractivity contribution in [3.8, 4) is 0 Å². The Morgan fingerprint density at radius 2 is 2.22 bits per heavy atom. The molecule has 0 aromatic rings. The maximum atomic E-state index is 12.3. The van der Waals surface area contributed by atoms with Gasteiger partial charge >= 0.3 is 5.97 Å². The molecule has 18 heavy (non-hydrogen) atoms. The molecule has 1 aliphatic carbocycles. The van der Waals surface area contributed by atoms with Gasteiger partial charge in [-0.15, -0.1) is 0 Å². The quantitative estimate of drug-likeness (QED) is 0.736. The Labute approximate surface area is 109 Å². The maximum absolute atomic E-state index is 12.3. The Kier molecular flexibility index (Phi) is 4.62. The van der Waals surface area contributed by atoms with Gasteiger partial charge in [-0.05, 0) is 45.1 Å². The standard InChI is InChI=1S/C14H25NO3/c1-3-12-9-14(7-8-18-12,13(16)17-4-2)15-10-11-5-6-11/h11-12,15H,3-10H2,1-2H3. The number of carbonyl (C=O) groups excluding carboxylic acids is 1. The predicted octanol–water partition coefficient (Wildman–Crippen LogP) is 1.88. The van der Waals surface area contributed by atoms with Crippen molar-refractivity contribution in [2.45, 2.75) is 57.6 Å². The van der Waals surface area contributed by atoms with Crippen LogP contribution in [-0.2, 0) is 14.3 Å². The lowest BCUT2D eigenvalue weighted by Gasteiger charge is -2.39. The van der Waals surface area contributed by atoms with Gasteiger partial charge in [-0.2, -0.15) is 0 Å². The fourth-order valence-electron chi connectivity index (χ4n) is 2.56. The van der Waals surface area contributed by atoms with Gasteiger partial charge in [0.1, 0.15) is 5.54 Å². The van der Waals surface area contributed by atoms with Crippen LogP contribution in [0.1, 0.15) is 46.0 Å². The summed E-state index contributed by atoms with van der Waals surface area (Å²) in [7, 11) is 0. The normalized spacial score (nSPS) is 32.2. The SMILES string of the molecule is CCOC(=O)C1(NCC2CC2)CCOC(CC)C1. The summed E-state index contributed by atoms with van der Waals surface area (Å²) < 4.78 is 11.0. The maximum Gasteiger partial charge on any atom is 0.326 e. The topological polar surface area (TPSA) is 47.6 Å². The van der Waals surface area contributed by atoms with Crippen molar-refractivity contribution in [3.63, 3.8) is 0 Å². The highest BCUT2D eigenvalue weighted by molar-refractivity contribution is 5.81. The third-order valence-corrected chi connectivity index (χ3v) is 4.01. The highest BCUT2D eigenvalue weighted by Gasteiger charge is 2.44. The molecule has 104 valence electrons. The molecule has 2 unspecified atom stereocenters. The first-order valence-corrected chi connectivity index (χ1v) is 7.24. The van der Waals surface area contributed by atoms with Crippen molar-refractivity contribution in [1.29, 1.82) is 0 Å². The van der Waals surface area contributed by atoms with Crippen molar-refractivity contribution >= 4 is 5.97 Å². The van der Waals surface area contributed by atoms with Crippen LogP contribution >= 0.6 is 0 Å². The van der Waals surface area contributed by atoms with Gasteiger partial charge in [-0.25, -0.2) is 0 Å². The number of esters is 1. The van der Waals surface area contributed by atoms with E-state index in [1.807, 2.05) is 6.92 Å². The molecule has 0 aromatic carbocycles. The molecular weight excluding hydrogens is 230 g/mol. The molecule has 1 saturated carbocycles. The highest BCUT2D eigenvalue weighted by atomic mass is 16.5. The monoisotopic (exact) mass is 255 g/mol. The molecule has 0 aromatic heterocycles. The molecule has 1 heterocycles. The van der Waals surface area contributed by atoms with Gasteiger partial charge in [0.05, 0.1) is 12.7 Å². The van der Waals surface area contributed by atoms with Crippen molar-refractivity contribution < 1.29 is 14.3 Å². The lowest BCUT2D eigenvalue weighted by molar-refractivity contribution is -0.158. The average molecular weight is 255 g/mol. The van der Waals surface area contributed by atoms with Crippen LogP contribution in [0.5, 0.6) is 0 Å². The minimum absolute atomic E-state index is 0.0904. The van der Waals surface area contributed by atoms with E-state index in [4.69, 9.17) is 9.47 Å². The van der Waals surface area contributed by atoms with Crippen molar-refractivity contribution in [3.05, 3.63) is 0 Å². The van der Waals surface area contributed by atoms with E-state index < -0.39 is 5.54 Å². The molecule has 2 atom stereocenters. The van der Waals surface area contributed by atoms with E-state index in [0.29, 0.717) is 13.2 Å². The first-order valence-electron chi connectivity index (χ1n) is 7.24. The molecule has 1 saturated heterocycles. The zero-order valence-corrected chi connectivity index (χ0v) is 11.5. The van der Waals surface area contributed by atoms with E-state index in [0.717, 1.165) is 31.7 Å². The first-order chi connectivity index (χ1) is 8.70. The van der Waals surface area contributed by atoms with Crippen molar-refractivity contribution in [2.24, 2.45) is 5.92 Å². The van der Waals surface area contributed by atoms with Gasteiger partial charge in [0, 0.05) is 13.0 Å². The fourth-order valence-corrected chi connectivity index (χ4v) is 2.56. The molecule has 4 nitrogen and oxygen atoms in total. The van der Waals surface area contributed by atoms with Crippen LogP contribution in [0.4, 0.5) is 0 Å². The number of carbonyl (C=O) groups is 1. The Balaban J connectivity index is 2.01. The van der Waals surface area contributed by atoms with Gasteiger partial charge in [0.25, 0.3) is 0 Å². The summed E-state index contributed by atoms with van der Waals surface area (Å²) in [5, 5.41) is 3.49. The number of rotatable bonds is 6. The van der Waals surface area contributed by atoms with Crippen LogP contribution in [0.2, 0.25) is 0 Å². The third kappa shape index (κ3) is 3.23. The van der Waals surface area contributed by atoms with Crippen LogP contribution < -0.4 is 5.32 Å². The Bertz CT molecular complexity index is 291. The second kappa shape index (κ2) is 6.02.